The maximum absolute atomic E-state index is 12.4. The Balaban J connectivity index is 1.75. The van der Waals surface area contributed by atoms with Crippen molar-refractivity contribution < 1.29 is 17.9 Å². The first-order valence-corrected chi connectivity index (χ1v) is 10.8. The summed E-state index contributed by atoms with van der Waals surface area (Å²) in [5, 5.41) is 2.98. The van der Waals surface area contributed by atoms with Gasteiger partial charge in [0, 0.05) is 5.69 Å². The standard InChI is InChI=1S/C20H22N6O4S/c1-3-30-20(27)14-5-4-6-15(11-14)24-18-17(21)19(23-12-22-18)25-26-31(28,29)16-9-7-13(2)8-10-16/h4-12,26H,3,21H2,1-2H3,(H2,22,23,24,25). The molecule has 0 fully saturated rings. The second kappa shape index (κ2) is 9.41. The van der Waals surface area contributed by atoms with Crippen molar-refractivity contribution in [3.8, 4) is 0 Å². The van der Waals surface area contributed by atoms with E-state index in [0.717, 1.165) is 5.56 Å². The molecular formula is C20H22N6O4S. The van der Waals surface area contributed by atoms with E-state index in [-0.39, 0.29) is 28.8 Å². The SMILES string of the molecule is CCOC(=O)c1cccc(Nc2ncnc(NNS(=O)(=O)c3ccc(C)cc3)c2N)c1. The molecule has 3 aromatic rings. The summed E-state index contributed by atoms with van der Waals surface area (Å²) in [5.74, 6) is -0.155. The average molecular weight is 443 g/mol. The lowest BCUT2D eigenvalue weighted by Crippen LogP contribution is -2.30. The molecule has 162 valence electrons. The number of esters is 1. The lowest BCUT2D eigenvalue weighted by atomic mass is 10.2. The van der Waals surface area contributed by atoms with Crippen LogP contribution >= 0.6 is 0 Å². The van der Waals surface area contributed by atoms with Gasteiger partial charge in [0.2, 0.25) is 0 Å². The maximum Gasteiger partial charge on any atom is 0.338 e. The van der Waals surface area contributed by atoms with Gasteiger partial charge in [0.25, 0.3) is 10.0 Å². The van der Waals surface area contributed by atoms with E-state index in [2.05, 4.69) is 25.5 Å². The Morgan fingerprint density at radius 1 is 1.10 bits per heavy atom. The fraction of sp³-hybridized carbons (Fsp3) is 0.150. The molecular weight excluding hydrogens is 420 g/mol. The zero-order chi connectivity index (χ0) is 22.4. The number of aromatic nitrogens is 2. The van der Waals surface area contributed by atoms with Crippen LogP contribution in [-0.2, 0) is 14.8 Å². The van der Waals surface area contributed by atoms with E-state index >= 15 is 0 Å². The summed E-state index contributed by atoms with van der Waals surface area (Å²) >= 11 is 0. The van der Waals surface area contributed by atoms with Crippen molar-refractivity contribution in [3.63, 3.8) is 0 Å². The van der Waals surface area contributed by atoms with Gasteiger partial charge in [0.1, 0.15) is 12.0 Å². The van der Waals surface area contributed by atoms with E-state index in [4.69, 9.17) is 10.5 Å². The quantitative estimate of drug-likeness (QED) is 0.305. The van der Waals surface area contributed by atoms with Crippen molar-refractivity contribution in [2.45, 2.75) is 18.7 Å². The number of nitrogens with two attached hydrogens (primary N) is 1. The predicted octanol–water partition coefficient (Wildman–Crippen LogP) is 2.59. The molecule has 0 aliphatic heterocycles. The lowest BCUT2D eigenvalue weighted by Gasteiger charge is -2.14. The van der Waals surface area contributed by atoms with E-state index in [9.17, 15) is 13.2 Å². The van der Waals surface area contributed by atoms with E-state index in [1.54, 1.807) is 43.3 Å². The third-order valence-electron chi connectivity index (χ3n) is 4.16. The fourth-order valence-corrected chi connectivity index (χ4v) is 3.41. The van der Waals surface area contributed by atoms with Crippen molar-refractivity contribution in [1.82, 2.24) is 14.8 Å². The molecule has 0 aliphatic carbocycles. The second-order valence-corrected chi connectivity index (χ2v) is 8.14. The first-order valence-electron chi connectivity index (χ1n) is 9.29. The highest BCUT2D eigenvalue weighted by Crippen LogP contribution is 2.26. The van der Waals surface area contributed by atoms with Crippen LogP contribution in [0.3, 0.4) is 0 Å². The van der Waals surface area contributed by atoms with Crippen LogP contribution in [0.5, 0.6) is 0 Å². The van der Waals surface area contributed by atoms with E-state index in [1.165, 1.54) is 18.5 Å². The minimum absolute atomic E-state index is 0.0646. The average Bonchev–Trinajstić information content (AvgIpc) is 2.75. The summed E-state index contributed by atoms with van der Waals surface area (Å²) in [6.45, 7) is 3.85. The van der Waals surface area contributed by atoms with Crippen LogP contribution in [0.4, 0.5) is 23.0 Å². The molecule has 0 atom stereocenters. The van der Waals surface area contributed by atoms with Gasteiger partial charge < -0.3 is 15.8 Å². The number of sulfonamides is 1. The molecule has 5 N–H and O–H groups in total. The van der Waals surface area contributed by atoms with Crippen LogP contribution in [-0.4, -0.2) is 31.0 Å². The van der Waals surface area contributed by atoms with Gasteiger partial charge in [-0.15, -0.1) is 4.83 Å². The van der Waals surface area contributed by atoms with Crippen molar-refractivity contribution in [2.75, 3.05) is 23.1 Å². The summed E-state index contributed by atoms with van der Waals surface area (Å²) in [6, 6.07) is 13.0. The van der Waals surface area contributed by atoms with Crippen LogP contribution in [0.1, 0.15) is 22.8 Å². The normalized spacial score (nSPS) is 11.0. The van der Waals surface area contributed by atoms with Gasteiger partial charge in [-0.1, -0.05) is 23.8 Å². The highest BCUT2D eigenvalue weighted by atomic mass is 32.2. The first kappa shape index (κ1) is 22.0. The number of aryl methyl sites for hydroxylation is 1. The number of nitrogens with zero attached hydrogens (tertiary/aromatic N) is 2. The number of rotatable bonds is 8. The van der Waals surface area contributed by atoms with E-state index in [0.29, 0.717) is 11.3 Å². The number of carbonyl (C=O) groups excluding carboxylic acids is 1. The molecule has 1 aromatic heterocycles. The Bertz CT molecular complexity index is 1180. The number of hydrogen-bond donors (Lipinski definition) is 4. The van der Waals surface area contributed by atoms with Crippen molar-refractivity contribution in [1.29, 1.82) is 0 Å². The third-order valence-corrected chi connectivity index (χ3v) is 5.42. The minimum Gasteiger partial charge on any atom is -0.462 e. The fourth-order valence-electron chi connectivity index (χ4n) is 2.56. The molecule has 31 heavy (non-hydrogen) atoms. The molecule has 0 saturated heterocycles. The number of hydrazine groups is 1. The largest absolute Gasteiger partial charge is 0.462 e. The number of anilines is 4. The van der Waals surface area contributed by atoms with E-state index < -0.39 is 16.0 Å². The van der Waals surface area contributed by atoms with Crippen molar-refractivity contribution in [2.24, 2.45) is 0 Å². The number of nitrogens with one attached hydrogen (secondary N) is 3. The number of nitrogen functional groups attached to an aromatic ring is 1. The Labute approximate surface area is 179 Å². The first-order chi connectivity index (χ1) is 14.8. The van der Waals surface area contributed by atoms with Gasteiger partial charge in [-0.3, -0.25) is 5.43 Å². The molecule has 0 aliphatic rings. The summed E-state index contributed by atoms with van der Waals surface area (Å²) < 4.78 is 29.9. The zero-order valence-electron chi connectivity index (χ0n) is 16.9. The second-order valence-electron chi connectivity index (χ2n) is 6.45. The third kappa shape index (κ3) is 5.47. The van der Waals surface area contributed by atoms with Crippen molar-refractivity contribution in [3.05, 3.63) is 66.0 Å². The molecule has 0 amide bonds. The van der Waals surface area contributed by atoms with Gasteiger partial charge in [-0.2, -0.15) is 0 Å². The molecule has 0 bridgehead atoms. The minimum atomic E-state index is -3.83. The van der Waals surface area contributed by atoms with Gasteiger partial charge in [0.15, 0.2) is 11.6 Å². The van der Waals surface area contributed by atoms with Gasteiger partial charge in [-0.25, -0.2) is 23.2 Å². The highest BCUT2D eigenvalue weighted by Gasteiger charge is 2.16. The molecule has 2 aromatic carbocycles. The Hall–Kier alpha value is -3.70. The Kier molecular flexibility index (Phi) is 6.68. The topological polar surface area (TPSA) is 148 Å². The maximum atomic E-state index is 12.4. The molecule has 0 unspecified atom stereocenters. The summed E-state index contributed by atoms with van der Waals surface area (Å²) in [7, 11) is -3.83. The molecule has 0 spiro atoms. The molecule has 10 nitrogen and oxygen atoms in total. The van der Waals surface area contributed by atoms with Gasteiger partial charge >= 0.3 is 5.97 Å². The lowest BCUT2D eigenvalue weighted by molar-refractivity contribution is 0.0526. The number of benzene rings is 2. The Morgan fingerprint density at radius 3 is 2.52 bits per heavy atom. The predicted molar refractivity (Wildman–Crippen MR) is 117 cm³/mol. The molecule has 11 heteroatoms. The number of hydrogen-bond acceptors (Lipinski definition) is 9. The smallest absolute Gasteiger partial charge is 0.338 e. The van der Waals surface area contributed by atoms with Crippen LogP contribution in [0.2, 0.25) is 0 Å². The summed E-state index contributed by atoms with van der Waals surface area (Å²) in [4.78, 5) is 22.3. The molecule has 1 heterocycles. The van der Waals surface area contributed by atoms with Gasteiger partial charge in [-0.05, 0) is 44.2 Å². The Morgan fingerprint density at radius 2 is 1.81 bits per heavy atom. The number of carbonyl (C=O) groups is 1. The van der Waals surface area contributed by atoms with Crippen LogP contribution in [0.25, 0.3) is 0 Å². The van der Waals surface area contributed by atoms with E-state index in [1.807, 2.05) is 6.92 Å². The zero-order valence-corrected chi connectivity index (χ0v) is 17.7. The van der Waals surface area contributed by atoms with Gasteiger partial charge in [0.05, 0.1) is 17.1 Å². The highest BCUT2D eigenvalue weighted by molar-refractivity contribution is 7.89. The monoisotopic (exact) mass is 442 g/mol. The molecule has 0 radical (unpaired) electrons. The molecule has 0 saturated carbocycles. The van der Waals surface area contributed by atoms with Crippen molar-refractivity contribution >= 4 is 39.0 Å². The number of ether oxygens (including phenoxy) is 1. The summed E-state index contributed by atoms with van der Waals surface area (Å²) in [6.07, 6.45) is 1.22. The van der Waals surface area contributed by atoms with Crippen LogP contribution in [0, 0.1) is 6.92 Å². The molecule has 3 rings (SSSR count). The summed E-state index contributed by atoms with van der Waals surface area (Å²) in [5.41, 5.74) is 10.5. The van der Waals surface area contributed by atoms with Crippen LogP contribution < -0.4 is 21.3 Å². The van der Waals surface area contributed by atoms with Crippen LogP contribution in [0.15, 0.2) is 59.8 Å².